The van der Waals surface area contributed by atoms with Gasteiger partial charge in [-0.15, -0.1) is 0 Å². The van der Waals surface area contributed by atoms with E-state index in [0.29, 0.717) is 0 Å². The molecule has 0 saturated heterocycles. The first kappa shape index (κ1) is 15.7. The molecule has 0 fully saturated rings. The van der Waals surface area contributed by atoms with Gasteiger partial charge in [0.1, 0.15) is 0 Å². The Morgan fingerprint density at radius 1 is 1.62 bits per heavy atom. The molecule has 2 N–H and O–H groups in total. The molecule has 44 valence electrons. The van der Waals surface area contributed by atoms with Crippen LogP contribution in [0.5, 0.6) is 0 Å². The van der Waals surface area contributed by atoms with E-state index in [1.54, 1.807) is 0 Å². The topological polar surface area (TPSA) is 57.5 Å². The monoisotopic (exact) mass is 112 g/mol. The minimum atomic E-state index is -1.83. The van der Waals surface area contributed by atoms with E-state index in [-0.39, 0.29) is 18.9 Å². The fourth-order valence-corrected chi connectivity index (χ4v) is 0. The third kappa shape index (κ3) is 7910. The predicted octanol–water partition coefficient (Wildman–Crippen LogP) is -1.54. The Balaban J connectivity index is -0.0000000575. The van der Waals surface area contributed by atoms with E-state index in [9.17, 15) is 0 Å². The molecule has 0 amide bonds. The summed E-state index contributed by atoms with van der Waals surface area (Å²) in [5, 5.41) is 13.9. The zero-order valence-corrected chi connectivity index (χ0v) is 5.22. The van der Waals surface area contributed by atoms with E-state index in [1.165, 1.54) is 0 Å². The summed E-state index contributed by atoms with van der Waals surface area (Å²) in [4.78, 5) is 8.56. The number of carboxylic acid groups (broad SMARTS) is 2. The molecule has 0 aromatic rings. The van der Waals surface area contributed by atoms with Crippen LogP contribution in [0, 0.1) is 6.92 Å². The van der Waals surface area contributed by atoms with Crippen molar-refractivity contribution in [1.29, 1.82) is 0 Å². The Morgan fingerprint density at radius 3 is 1.62 bits per heavy atom. The molecule has 0 spiro atoms. The van der Waals surface area contributed by atoms with Crippen LogP contribution in [0.1, 0.15) is 13.3 Å². The maximum absolute atomic E-state index is 8.56. The summed E-state index contributed by atoms with van der Waals surface area (Å²) in [6.07, 6.45) is -0.833. The molecule has 0 aromatic heterocycles. The van der Waals surface area contributed by atoms with Crippen molar-refractivity contribution >= 4 is 6.16 Å². The molecule has 0 saturated carbocycles. The molecule has 0 heterocycles. The molecule has 0 unspecified atom stereocenters. The number of rotatable bonds is 0. The van der Waals surface area contributed by atoms with Crippen LogP contribution in [0.3, 0.4) is 0 Å². The van der Waals surface area contributed by atoms with Crippen LogP contribution in [0.2, 0.25) is 0 Å². The van der Waals surface area contributed by atoms with Crippen molar-refractivity contribution in [2.45, 2.75) is 13.3 Å². The van der Waals surface area contributed by atoms with Gasteiger partial charge in [-0.05, 0) is 0 Å². The van der Waals surface area contributed by atoms with E-state index >= 15 is 0 Å². The molecular weight excluding hydrogens is 103 g/mol. The predicted molar refractivity (Wildman–Crippen MR) is 26.3 cm³/mol. The average Bonchev–Trinajstić information content (AvgIpc) is 1.33. The summed E-state index contributed by atoms with van der Waals surface area (Å²) in [5.74, 6) is 0. The summed E-state index contributed by atoms with van der Waals surface area (Å²) in [6, 6.07) is 0. The summed E-state index contributed by atoms with van der Waals surface area (Å²) in [5.41, 5.74) is 0. The molecule has 0 aliphatic heterocycles. The standard InChI is InChI=1S/C3H7.CH2O3.Li/c1-3-2;2-1(3)4;/h1,3H2,2H3;(H2,2,3,4);/q-1;;+1. The normalized spacial score (nSPS) is 5.25. The van der Waals surface area contributed by atoms with Crippen molar-refractivity contribution in [3.8, 4) is 0 Å². The van der Waals surface area contributed by atoms with Gasteiger partial charge >= 0.3 is 25.0 Å². The van der Waals surface area contributed by atoms with Gasteiger partial charge in [-0.2, -0.15) is 6.42 Å². The van der Waals surface area contributed by atoms with Crippen LogP contribution in [0.15, 0.2) is 0 Å². The molecular formula is C4H9LiO3. The van der Waals surface area contributed by atoms with E-state index in [1.807, 2.05) is 6.92 Å². The molecule has 0 rings (SSSR count). The molecule has 0 bridgehead atoms. The van der Waals surface area contributed by atoms with Crippen LogP contribution < -0.4 is 18.9 Å². The number of hydrogen-bond acceptors (Lipinski definition) is 1. The SMILES string of the molecule is O=C(O)O.[CH2-]CC.[Li+]. The maximum Gasteiger partial charge on any atom is 1.00 e. The fraction of sp³-hybridized carbons (Fsp3) is 0.500. The van der Waals surface area contributed by atoms with Crippen LogP contribution >= 0.6 is 0 Å². The summed E-state index contributed by atoms with van der Waals surface area (Å²) < 4.78 is 0. The van der Waals surface area contributed by atoms with Gasteiger partial charge < -0.3 is 17.1 Å². The largest absolute Gasteiger partial charge is 1.00 e. The van der Waals surface area contributed by atoms with Crippen molar-refractivity contribution in [3.63, 3.8) is 0 Å². The third-order valence-corrected chi connectivity index (χ3v) is 0. The second-order valence-electron chi connectivity index (χ2n) is 0.783. The molecule has 4 heteroatoms. The van der Waals surface area contributed by atoms with Gasteiger partial charge in [0.25, 0.3) is 0 Å². The molecule has 0 atom stereocenters. The van der Waals surface area contributed by atoms with Crippen molar-refractivity contribution in [1.82, 2.24) is 0 Å². The van der Waals surface area contributed by atoms with Gasteiger partial charge in [0.2, 0.25) is 0 Å². The van der Waals surface area contributed by atoms with Gasteiger partial charge in [-0.1, -0.05) is 6.92 Å². The molecule has 0 aromatic carbocycles. The van der Waals surface area contributed by atoms with Crippen LogP contribution in [-0.2, 0) is 0 Å². The van der Waals surface area contributed by atoms with Gasteiger partial charge in [0.15, 0.2) is 0 Å². The minimum absolute atomic E-state index is 0. The first-order valence-corrected chi connectivity index (χ1v) is 1.86. The molecule has 0 aliphatic carbocycles. The Labute approximate surface area is 60.9 Å². The number of hydrogen-bond donors (Lipinski definition) is 2. The van der Waals surface area contributed by atoms with Crippen LogP contribution in [0.4, 0.5) is 4.79 Å². The van der Waals surface area contributed by atoms with Crippen LogP contribution in [0.25, 0.3) is 0 Å². The second-order valence-corrected chi connectivity index (χ2v) is 0.783. The van der Waals surface area contributed by atoms with Crippen molar-refractivity contribution in [2.24, 2.45) is 0 Å². The van der Waals surface area contributed by atoms with E-state index in [4.69, 9.17) is 15.0 Å². The van der Waals surface area contributed by atoms with Gasteiger partial charge in [-0.25, -0.2) is 4.79 Å². The first-order valence-electron chi connectivity index (χ1n) is 1.86. The summed E-state index contributed by atoms with van der Waals surface area (Å²) >= 11 is 0. The van der Waals surface area contributed by atoms with Crippen LogP contribution in [-0.4, -0.2) is 16.4 Å². The minimum Gasteiger partial charge on any atom is -0.450 e. The Hall–Kier alpha value is -0.133. The zero-order valence-electron chi connectivity index (χ0n) is 5.22. The molecule has 0 radical (unpaired) electrons. The second kappa shape index (κ2) is 15.8. The average molecular weight is 112 g/mol. The fourth-order valence-electron chi connectivity index (χ4n) is 0. The summed E-state index contributed by atoms with van der Waals surface area (Å²) in [7, 11) is 0. The summed E-state index contributed by atoms with van der Waals surface area (Å²) in [6.45, 7) is 5.50. The Morgan fingerprint density at radius 2 is 1.62 bits per heavy atom. The van der Waals surface area contributed by atoms with Gasteiger partial charge in [0, 0.05) is 0 Å². The van der Waals surface area contributed by atoms with Crippen molar-refractivity contribution in [2.75, 3.05) is 0 Å². The Kier molecular flexibility index (Phi) is 30.9. The first-order chi connectivity index (χ1) is 3.15. The number of carbonyl (C=O) groups is 1. The molecule has 3 nitrogen and oxygen atoms in total. The quantitative estimate of drug-likeness (QED) is 0.295. The van der Waals surface area contributed by atoms with E-state index in [2.05, 4.69) is 6.92 Å². The smallest absolute Gasteiger partial charge is 0.450 e. The van der Waals surface area contributed by atoms with Gasteiger partial charge in [-0.3, -0.25) is 0 Å². The van der Waals surface area contributed by atoms with E-state index < -0.39 is 6.16 Å². The van der Waals surface area contributed by atoms with E-state index in [0.717, 1.165) is 6.42 Å². The molecule has 0 aliphatic rings. The van der Waals surface area contributed by atoms with Gasteiger partial charge in [0.05, 0.1) is 0 Å². The molecule has 8 heavy (non-hydrogen) atoms. The third-order valence-electron chi connectivity index (χ3n) is 0. The zero-order chi connectivity index (χ0) is 6.28. The van der Waals surface area contributed by atoms with Crippen molar-refractivity contribution in [3.05, 3.63) is 6.92 Å². The maximum atomic E-state index is 8.56. The Bertz CT molecular complexity index is 42.5. The van der Waals surface area contributed by atoms with Crippen molar-refractivity contribution < 1.29 is 33.9 Å².